The Kier molecular flexibility index (Phi) is 2.83. The highest BCUT2D eigenvalue weighted by molar-refractivity contribution is 5.73. The zero-order valence-electron chi connectivity index (χ0n) is 10.2. The van der Waals surface area contributed by atoms with Gasteiger partial charge in [0.2, 0.25) is 0 Å². The van der Waals surface area contributed by atoms with Crippen LogP contribution in [-0.4, -0.2) is 22.7 Å². The van der Waals surface area contributed by atoms with Gasteiger partial charge in [-0.1, -0.05) is 18.2 Å². The van der Waals surface area contributed by atoms with Crippen LogP contribution < -0.4 is 10.1 Å². The summed E-state index contributed by atoms with van der Waals surface area (Å²) in [4.78, 5) is 10.9. The number of para-hydroxylation sites is 1. The number of ether oxygens (including phenoxy) is 1. The van der Waals surface area contributed by atoms with Crippen molar-refractivity contribution in [3.63, 3.8) is 0 Å². The van der Waals surface area contributed by atoms with Crippen LogP contribution >= 0.6 is 0 Å². The second kappa shape index (κ2) is 4.04. The molecule has 0 amide bonds. The SMILES string of the molecule is CC(NC1c2ccccc2OC1(C)C)C(=O)O. The van der Waals surface area contributed by atoms with E-state index >= 15 is 0 Å². The van der Waals surface area contributed by atoms with Gasteiger partial charge in [-0.05, 0) is 26.8 Å². The van der Waals surface area contributed by atoms with Gasteiger partial charge >= 0.3 is 5.97 Å². The average molecular weight is 235 g/mol. The largest absolute Gasteiger partial charge is 0.486 e. The van der Waals surface area contributed by atoms with E-state index in [1.54, 1.807) is 6.92 Å². The Bertz CT molecular complexity index is 442. The van der Waals surface area contributed by atoms with E-state index in [9.17, 15) is 4.79 Å². The monoisotopic (exact) mass is 235 g/mol. The minimum atomic E-state index is -0.856. The molecule has 2 rings (SSSR count). The van der Waals surface area contributed by atoms with Gasteiger partial charge in [-0.2, -0.15) is 0 Å². The normalized spacial score (nSPS) is 22.6. The maximum atomic E-state index is 10.9. The maximum Gasteiger partial charge on any atom is 0.320 e. The summed E-state index contributed by atoms with van der Waals surface area (Å²) in [5, 5.41) is 12.1. The van der Waals surface area contributed by atoms with E-state index in [1.165, 1.54) is 0 Å². The first kappa shape index (κ1) is 11.9. The Labute approximate surface area is 101 Å². The van der Waals surface area contributed by atoms with Crippen molar-refractivity contribution >= 4 is 5.97 Å². The topological polar surface area (TPSA) is 58.6 Å². The second-order valence-corrected chi connectivity index (χ2v) is 4.90. The molecule has 2 atom stereocenters. The zero-order valence-corrected chi connectivity index (χ0v) is 10.2. The molecule has 4 heteroatoms. The lowest BCUT2D eigenvalue weighted by Crippen LogP contribution is -2.45. The molecule has 0 saturated heterocycles. The summed E-state index contributed by atoms with van der Waals surface area (Å²) in [6.07, 6.45) is 0. The molecular formula is C13H17NO3. The van der Waals surface area contributed by atoms with Crippen LogP contribution in [0.5, 0.6) is 5.75 Å². The lowest BCUT2D eigenvalue weighted by atomic mass is 9.94. The molecule has 0 aliphatic carbocycles. The molecule has 1 heterocycles. The highest BCUT2D eigenvalue weighted by atomic mass is 16.5. The average Bonchev–Trinajstić information content (AvgIpc) is 2.50. The summed E-state index contributed by atoms with van der Waals surface area (Å²) in [7, 11) is 0. The van der Waals surface area contributed by atoms with Crippen molar-refractivity contribution in [3.8, 4) is 5.75 Å². The van der Waals surface area contributed by atoms with E-state index < -0.39 is 17.6 Å². The molecule has 4 nitrogen and oxygen atoms in total. The van der Waals surface area contributed by atoms with Crippen LogP contribution in [0.25, 0.3) is 0 Å². The highest BCUT2D eigenvalue weighted by Crippen LogP contribution is 2.42. The Morgan fingerprint density at radius 1 is 1.47 bits per heavy atom. The molecule has 0 radical (unpaired) electrons. The van der Waals surface area contributed by atoms with E-state index in [-0.39, 0.29) is 6.04 Å². The quantitative estimate of drug-likeness (QED) is 0.840. The number of carbonyl (C=O) groups is 1. The van der Waals surface area contributed by atoms with Crippen LogP contribution in [0, 0.1) is 0 Å². The smallest absolute Gasteiger partial charge is 0.320 e. The summed E-state index contributed by atoms with van der Waals surface area (Å²) < 4.78 is 5.83. The van der Waals surface area contributed by atoms with E-state index in [0.717, 1.165) is 11.3 Å². The first-order chi connectivity index (χ1) is 7.92. The van der Waals surface area contributed by atoms with Gasteiger partial charge in [0.25, 0.3) is 0 Å². The number of rotatable bonds is 3. The van der Waals surface area contributed by atoms with E-state index in [4.69, 9.17) is 9.84 Å². The van der Waals surface area contributed by atoms with Crippen LogP contribution in [-0.2, 0) is 4.79 Å². The lowest BCUT2D eigenvalue weighted by molar-refractivity contribution is -0.139. The predicted octanol–water partition coefficient (Wildman–Crippen LogP) is 1.96. The van der Waals surface area contributed by atoms with Crippen LogP contribution in [0.15, 0.2) is 24.3 Å². The van der Waals surface area contributed by atoms with Gasteiger partial charge in [0, 0.05) is 5.56 Å². The molecule has 0 saturated carbocycles. The van der Waals surface area contributed by atoms with Gasteiger partial charge in [0.1, 0.15) is 17.4 Å². The Morgan fingerprint density at radius 3 is 2.76 bits per heavy atom. The number of hydrogen-bond donors (Lipinski definition) is 2. The minimum absolute atomic E-state index is 0.107. The second-order valence-electron chi connectivity index (χ2n) is 4.90. The van der Waals surface area contributed by atoms with Crippen LogP contribution in [0.1, 0.15) is 32.4 Å². The number of carboxylic acids is 1. The number of hydrogen-bond acceptors (Lipinski definition) is 3. The number of nitrogens with one attached hydrogen (secondary N) is 1. The zero-order chi connectivity index (χ0) is 12.6. The number of aliphatic carboxylic acids is 1. The van der Waals surface area contributed by atoms with Gasteiger partial charge in [-0.15, -0.1) is 0 Å². The lowest BCUT2D eigenvalue weighted by Gasteiger charge is -2.28. The minimum Gasteiger partial charge on any atom is -0.486 e. The van der Waals surface area contributed by atoms with Crippen molar-refractivity contribution in [1.29, 1.82) is 0 Å². The Hall–Kier alpha value is -1.55. The molecular weight excluding hydrogens is 218 g/mol. The van der Waals surface area contributed by atoms with E-state index in [2.05, 4.69) is 5.32 Å². The number of carboxylic acid groups (broad SMARTS) is 1. The first-order valence-corrected chi connectivity index (χ1v) is 5.68. The molecule has 17 heavy (non-hydrogen) atoms. The molecule has 2 unspecified atom stereocenters. The fraction of sp³-hybridized carbons (Fsp3) is 0.462. The van der Waals surface area contributed by atoms with E-state index in [1.807, 2.05) is 38.1 Å². The van der Waals surface area contributed by atoms with Crippen molar-refractivity contribution in [2.75, 3.05) is 0 Å². The van der Waals surface area contributed by atoms with Crippen LogP contribution in [0.2, 0.25) is 0 Å². The molecule has 0 bridgehead atoms. The number of fused-ring (bicyclic) bond motifs is 1. The van der Waals surface area contributed by atoms with Crippen molar-refractivity contribution < 1.29 is 14.6 Å². The van der Waals surface area contributed by atoms with Gasteiger partial charge in [0.15, 0.2) is 0 Å². The van der Waals surface area contributed by atoms with Crippen LogP contribution in [0.3, 0.4) is 0 Å². The summed E-state index contributed by atoms with van der Waals surface area (Å²) in [6.45, 7) is 5.55. The predicted molar refractivity (Wildman–Crippen MR) is 64.1 cm³/mol. The molecule has 0 aromatic heterocycles. The fourth-order valence-corrected chi connectivity index (χ4v) is 2.14. The molecule has 0 spiro atoms. The fourth-order valence-electron chi connectivity index (χ4n) is 2.14. The Balaban J connectivity index is 2.28. The summed E-state index contributed by atoms with van der Waals surface area (Å²) >= 11 is 0. The highest BCUT2D eigenvalue weighted by Gasteiger charge is 2.41. The molecule has 1 aromatic rings. The van der Waals surface area contributed by atoms with Gasteiger partial charge in [-0.3, -0.25) is 10.1 Å². The molecule has 1 aliphatic heterocycles. The van der Waals surface area contributed by atoms with Crippen molar-refractivity contribution in [2.45, 2.75) is 38.5 Å². The van der Waals surface area contributed by atoms with Crippen LogP contribution in [0.4, 0.5) is 0 Å². The molecule has 1 aromatic carbocycles. The summed E-state index contributed by atoms with van der Waals surface area (Å²) in [5.74, 6) is -0.0298. The number of benzene rings is 1. The molecule has 92 valence electrons. The van der Waals surface area contributed by atoms with Gasteiger partial charge < -0.3 is 9.84 Å². The standard InChI is InChI=1S/C13H17NO3/c1-8(12(15)16)14-11-9-6-4-5-7-10(9)17-13(11,2)3/h4-8,11,14H,1-3H3,(H,15,16). The van der Waals surface area contributed by atoms with Gasteiger partial charge in [-0.25, -0.2) is 0 Å². The summed E-state index contributed by atoms with van der Waals surface area (Å²) in [5.41, 5.74) is 0.582. The van der Waals surface area contributed by atoms with Gasteiger partial charge in [0.05, 0.1) is 6.04 Å². The maximum absolute atomic E-state index is 10.9. The van der Waals surface area contributed by atoms with Crippen molar-refractivity contribution in [2.24, 2.45) is 0 Å². The molecule has 1 aliphatic rings. The third kappa shape index (κ3) is 2.13. The van der Waals surface area contributed by atoms with Crippen molar-refractivity contribution in [1.82, 2.24) is 5.32 Å². The Morgan fingerprint density at radius 2 is 2.12 bits per heavy atom. The third-order valence-corrected chi connectivity index (χ3v) is 3.09. The summed E-state index contributed by atoms with van der Waals surface area (Å²) in [6, 6.07) is 7.01. The first-order valence-electron chi connectivity index (χ1n) is 5.68. The van der Waals surface area contributed by atoms with Crippen molar-refractivity contribution in [3.05, 3.63) is 29.8 Å². The molecule has 0 fully saturated rings. The third-order valence-electron chi connectivity index (χ3n) is 3.09. The molecule has 2 N–H and O–H groups in total. The van der Waals surface area contributed by atoms with E-state index in [0.29, 0.717) is 0 Å².